The van der Waals surface area contributed by atoms with Gasteiger partial charge in [0.05, 0.1) is 37.1 Å². The summed E-state index contributed by atoms with van der Waals surface area (Å²) in [5.74, 6) is 1.78. The second-order valence-electron chi connectivity index (χ2n) is 6.28. The number of aromatic nitrogens is 4. The number of anilines is 2. The maximum absolute atomic E-state index is 6.47. The number of aryl methyl sites for hydroxylation is 1. The zero-order valence-corrected chi connectivity index (χ0v) is 15.3. The molecule has 3 heterocycles. The topological polar surface area (TPSA) is 93.0 Å². The zero-order chi connectivity index (χ0) is 18.3. The quantitative estimate of drug-likeness (QED) is 0.736. The molecule has 7 nitrogen and oxygen atoms in total. The van der Waals surface area contributed by atoms with Crippen molar-refractivity contribution in [3.8, 4) is 5.75 Å². The van der Waals surface area contributed by atoms with Crippen LogP contribution in [0.3, 0.4) is 0 Å². The minimum absolute atomic E-state index is 0.0865. The van der Waals surface area contributed by atoms with Gasteiger partial charge in [0.25, 0.3) is 0 Å². The second-order valence-corrected chi connectivity index (χ2v) is 6.66. The minimum atomic E-state index is 0.0865. The lowest BCUT2D eigenvalue weighted by atomic mass is 9.91. The van der Waals surface area contributed by atoms with Crippen molar-refractivity contribution in [2.45, 2.75) is 19.4 Å². The van der Waals surface area contributed by atoms with Gasteiger partial charge in [-0.2, -0.15) is 4.98 Å². The first kappa shape index (κ1) is 16.7. The third kappa shape index (κ3) is 2.84. The van der Waals surface area contributed by atoms with Crippen LogP contribution < -0.4 is 15.4 Å². The molecular formula is C18H19ClN6O. The lowest BCUT2D eigenvalue weighted by molar-refractivity contribution is 0.414. The van der Waals surface area contributed by atoms with Crippen molar-refractivity contribution in [1.82, 2.24) is 19.9 Å². The average Bonchev–Trinajstić information content (AvgIpc) is 3.12. The molecule has 3 aromatic rings. The Morgan fingerprint density at radius 1 is 1.27 bits per heavy atom. The van der Waals surface area contributed by atoms with Crippen molar-refractivity contribution < 1.29 is 4.74 Å². The fourth-order valence-corrected chi connectivity index (χ4v) is 3.56. The number of aromatic amines is 1. The molecule has 0 spiro atoms. The normalized spacial score (nSPS) is 16.4. The number of methoxy groups -OCH3 is 1. The molecule has 1 atom stereocenters. The van der Waals surface area contributed by atoms with E-state index in [1.54, 1.807) is 13.4 Å². The van der Waals surface area contributed by atoms with Gasteiger partial charge < -0.3 is 20.4 Å². The molecular weight excluding hydrogens is 352 g/mol. The van der Waals surface area contributed by atoms with Gasteiger partial charge in [0, 0.05) is 12.5 Å². The van der Waals surface area contributed by atoms with Gasteiger partial charge in [0.15, 0.2) is 5.82 Å². The standard InChI is InChI=1S/C18H19ClN6O/c1-10-15(19)17(24-18(20)23-10)25-7-13(16-14(8-25)21-9-22-16)11-3-5-12(26-2)6-4-11/h3-6,9,13H,7-8H2,1-2H3,(H,21,22)(H2,20,23,24). The van der Waals surface area contributed by atoms with E-state index in [2.05, 4.69) is 37.0 Å². The monoisotopic (exact) mass is 370 g/mol. The first-order valence-electron chi connectivity index (χ1n) is 8.27. The highest BCUT2D eigenvalue weighted by Gasteiger charge is 2.31. The van der Waals surface area contributed by atoms with E-state index in [-0.39, 0.29) is 11.9 Å². The number of hydrogen-bond acceptors (Lipinski definition) is 6. The van der Waals surface area contributed by atoms with Crippen molar-refractivity contribution >= 4 is 23.4 Å². The van der Waals surface area contributed by atoms with Crippen molar-refractivity contribution in [2.24, 2.45) is 0 Å². The minimum Gasteiger partial charge on any atom is -0.497 e. The van der Waals surface area contributed by atoms with Crippen LogP contribution in [0.4, 0.5) is 11.8 Å². The molecule has 3 N–H and O–H groups in total. The summed E-state index contributed by atoms with van der Waals surface area (Å²) in [6.45, 7) is 3.16. The van der Waals surface area contributed by atoms with Gasteiger partial charge >= 0.3 is 0 Å². The van der Waals surface area contributed by atoms with Gasteiger partial charge in [-0.1, -0.05) is 23.7 Å². The Morgan fingerprint density at radius 2 is 2.04 bits per heavy atom. The van der Waals surface area contributed by atoms with E-state index >= 15 is 0 Å². The largest absolute Gasteiger partial charge is 0.497 e. The van der Waals surface area contributed by atoms with Gasteiger partial charge in [-0.15, -0.1) is 0 Å². The Bertz CT molecular complexity index is 939. The Kier molecular flexibility index (Phi) is 4.16. The number of nitrogen functional groups attached to an aromatic ring is 1. The van der Waals surface area contributed by atoms with E-state index in [0.29, 0.717) is 29.6 Å². The highest BCUT2D eigenvalue weighted by molar-refractivity contribution is 6.33. The fraction of sp³-hybridized carbons (Fsp3) is 0.278. The summed E-state index contributed by atoms with van der Waals surface area (Å²) in [5, 5.41) is 0.524. The maximum atomic E-state index is 6.47. The average molecular weight is 371 g/mol. The molecule has 0 amide bonds. The van der Waals surface area contributed by atoms with Crippen LogP contribution in [0.25, 0.3) is 0 Å². The second kappa shape index (κ2) is 6.49. The van der Waals surface area contributed by atoms with Gasteiger partial charge in [-0.05, 0) is 24.6 Å². The van der Waals surface area contributed by atoms with Crippen LogP contribution in [0, 0.1) is 6.92 Å². The number of nitrogens with one attached hydrogen (secondary N) is 1. The van der Waals surface area contributed by atoms with Gasteiger partial charge in [-0.25, -0.2) is 9.97 Å². The van der Waals surface area contributed by atoms with Crippen LogP contribution in [0.1, 0.15) is 28.6 Å². The number of benzene rings is 1. The molecule has 8 heteroatoms. The van der Waals surface area contributed by atoms with Crippen LogP contribution in [0.5, 0.6) is 5.75 Å². The van der Waals surface area contributed by atoms with Crippen molar-refractivity contribution in [2.75, 3.05) is 24.3 Å². The number of nitrogens with two attached hydrogens (primary N) is 1. The summed E-state index contributed by atoms with van der Waals surface area (Å²) in [6.07, 6.45) is 1.73. The summed E-state index contributed by atoms with van der Waals surface area (Å²) in [6, 6.07) is 8.04. The number of fused-ring (bicyclic) bond motifs is 1. The SMILES string of the molecule is COc1ccc(C2CN(c3nc(N)nc(C)c3Cl)Cc3[nH]cnc32)cc1. The van der Waals surface area contributed by atoms with E-state index in [1.165, 1.54) is 0 Å². The molecule has 0 saturated carbocycles. The molecule has 134 valence electrons. The molecule has 0 radical (unpaired) electrons. The number of rotatable bonds is 3. The molecule has 2 aromatic heterocycles. The lowest BCUT2D eigenvalue weighted by Crippen LogP contribution is -2.35. The van der Waals surface area contributed by atoms with Crippen LogP contribution >= 0.6 is 11.6 Å². The number of H-pyrrole nitrogens is 1. The molecule has 0 saturated heterocycles. The molecule has 0 aliphatic carbocycles. The molecule has 26 heavy (non-hydrogen) atoms. The highest BCUT2D eigenvalue weighted by Crippen LogP contribution is 2.36. The maximum Gasteiger partial charge on any atom is 0.222 e. The summed E-state index contributed by atoms with van der Waals surface area (Å²) in [4.78, 5) is 18.4. The Morgan fingerprint density at radius 3 is 2.77 bits per heavy atom. The van der Waals surface area contributed by atoms with E-state index in [0.717, 1.165) is 22.7 Å². The smallest absolute Gasteiger partial charge is 0.222 e. The highest BCUT2D eigenvalue weighted by atomic mass is 35.5. The number of halogens is 1. The number of ether oxygens (including phenoxy) is 1. The molecule has 0 fully saturated rings. The third-order valence-corrected chi connectivity index (χ3v) is 5.11. The van der Waals surface area contributed by atoms with Crippen molar-refractivity contribution in [3.63, 3.8) is 0 Å². The van der Waals surface area contributed by atoms with Gasteiger partial charge in [0.1, 0.15) is 10.8 Å². The van der Waals surface area contributed by atoms with E-state index in [1.807, 2.05) is 19.1 Å². The molecule has 1 aromatic carbocycles. The Labute approximate surface area is 156 Å². The van der Waals surface area contributed by atoms with Crippen LogP contribution in [-0.2, 0) is 6.54 Å². The number of imidazole rings is 1. The Hall–Kier alpha value is -2.80. The fourth-order valence-electron chi connectivity index (χ4n) is 3.36. The first-order valence-corrected chi connectivity index (χ1v) is 8.65. The van der Waals surface area contributed by atoms with Gasteiger partial charge in [-0.3, -0.25) is 0 Å². The predicted octanol–water partition coefficient (Wildman–Crippen LogP) is 2.90. The Balaban J connectivity index is 1.75. The summed E-state index contributed by atoms with van der Waals surface area (Å²) >= 11 is 6.47. The molecule has 0 bridgehead atoms. The summed E-state index contributed by atoms with van der Waals surface area (Å²) in [7, 11) is 1.66. The van der Waals surface area contributed by atoms with Crippen LogP contribution in [0.15, 0.2) is 30.6 Å². The molecule has 1 unspecified atom stereocenters. The van der Waals surface area contributed by atoms with Crippen molar-refractivity contribution in [1.29, 1.82) is 0 Å². The molecule has 1 aliphatic heterocycles. The van der Waals surface area contributed by atoms with Gasteiger partial charge in [0.2, 0.25) is 5.95 Å². The zero-order valence-electron chi connectivity index (χ0n) is 14.5. The number of hydrogen-bond donors (Lipinski definition) is 2. The summed E-state index contributed by atoms with van der Waals surface area (Å²) in [5.41, 5.74) is 9.76. The molecule has 1 aliphatic rings. The van der Waals surface area contributed by atoms with Crippen molar-refractivity contribution in [3.05, 3.63) is 58.3 Å². The van der Waals surface area contributed by atoms with E-state index in [9.17, 15) is 0 Å². The van der Waals surface area contributed by atoms with E-state index in [4.69, 9.17) is 22.1 Å². The summed E-state index contributed by atoms with van der Waals surface area (Å²) < 4.78 is 5.26. The van der Waals surface area contributed by atoms with Crippen LogP contribution in [0.2, 0.25) is 5.02 Å². The lowest BCUT2D eigenvalue weighted by Gasteiger charge is -2.33. The number of nitrogens with zero attached hydrogens (tertiary/aromatic N) is 4. The molecule has 4 rings (SSSR count). The third-order valence-electron chi connectivity index (χ3n) is 4.67. The first-order chi connectivity index (χ1) is 12.6. The predicted molar refractivity (Wildman–Crippen MR) is 101 cm³/mol. The van der Waals surface area contributed by atoms with E-state index < -0.39 is 0 Å². The van der Waals surface area contributed by atoms with Crippen LogP contribution in [-0.4, -0.2) is 33.6 Å².